The lowest BCUT2D eigenvalue weighted by Crippen LogP contribution is -2.54. The Labute approximate surface area is 245 Å². The van der Waals surface area contributed by atoms with Crippen LogP contribution in [0.4, 0.5) is 5.69 Å². The number of halogens is 1. The second kappa shape index (κ2) is 11.3. The number of fused-ring (bicyclic) bond motifs is 1. The smallest absolute Gasteiger partial charge is 0.243 e. The number of nitrogens with zero attached hydrogens (tertiary/aromatic N) is 4. The maximum absolute atomic E-state index is 14.1. The molecule has 1 saturated heterocycles. The van der Waals surface area contributed by atoms with Crippen LogP contribution in [-0.2, 0) is 10.0 Å². The second-order valence-electron chi connectivity index (χ2n) is 10.7. The van der Waals surface area contributed by atoms with E-state index in [4.69, 9.17) is 22.1 Å². The number of aliphatic imine (C=N–C) groups is 1. The summed E-state index contributed by atoms with van der Waals surface area (Å²) in [6, 6.07) is 19.4. The first-order valence-corrected chi connectivity index (χ1v) is 15.2. The average molecular weight is 594 g/mol. The predicted octanol–water partition coefficient (Wildman–Crippen LogP) is 5.26. The lowest BCUT2D eigenvalue weighted by atomic mass is 9.86. The molecule has 0 radical (unpaired) electrons. The van der Waals surface area contributed by atoms with Crippen LogP contribution in [-0.4, -0.2) is 46.9 Å². The Hall–Kier alpha value is -3.62. The molecule has 2 heterocycles. The van der Waals surface area contributed by atoms with E-state index in [1.54, 1.807) is 48.5 Å². The van der Waals surface area contributed by atoms with E-state index in [0.717, 1.165) is 23.3 Å². The molecule has 0 spiro atoms. The Kier molecular flexibility index (Phi) is 7.99. The normalized spacial score (nSPS) is 22.7. The highest BCUT2D eigenvalue weighted by Crippen LogP contribution is 2.45. The van der Waals surface area contributed by atoms with E-state index in [1.807, 2.05) is 36.5 Å². The SMILES string of the molecule is CC1(C)Oc2ccc(S(=O)(=O)N3CCCCC3c3ccccc3)cc2[C@@H](N(C#N)C(N)=Nc2ccc(Cl)cc2)[C@@H]1O. The van der Waals surface area contributed by atoms with Gasteiger partial charge in [0, 0.05) is 17.1 Å². The minimum absolute atomic E-state index is 0.0469. The Balaban J connectivity index is 1.57. The van der Waals surface area contributed by atoms with E-state index < -0.39 is 27.8 Å². The lowest BCUT2D eigenvalue weighted by molar-refractivity contribution is -0.0752. The molecule has 0 amide bonds. The van der Waals surface area contributed by atoms with E-state index in [2.05, 4.69) is 4.99 Å². The zero-order valence-electron chi connectivity index (χ0n) is 22.8. The van der Waals surface area contributed by atoms with Crippen LogP contribution in [0.25, 0.3) is 0 Å². The molecule has 3 atom stereocenters. The van der Waals surface area contributed by atoms with Crippen LogP contribution in [0, 0.1) is 11.5 Å². The summed E-state index contributed by atoms with van der Waals surface area (Å²) in [7, 11) is -3.95. The van der Waals surface area contributed by atoms with Crippen molar-refractivity contribution in [3.8, 4) is 11.9 Å². The number of ether oxygens (including phenoxy) is 1. The molecule has 2 aliphatic heterocycles. The number of aliphatic hydroxyl groups excluding tert-OH is 1. The fraction of sp³-hybridized carbons (Fsp3) is 0.333. The van der Waals surface area contributed by atoms with Gasteiger partial charge in [-0.05, 0) is 74.7 Å². The van der Waals surface area contributed by atoms with Crippen LogP contribution < -0.4 is 10.5 Å². The number of nitrogens with two attached hydrogens (primary N) is 1. The summed E-state index contributed by atoms with van der Waals surface area (Å²) >= 11 is 5.98. The van der Waals surface area contributed by atoms with Crippen molar-refractivity contribution in [3.63, 3.8) is 0 Å². The molecule has 0 aromatic heterocycles. The summed E-state index contributed by atoms with van der Waals surface area (Å²) in [4.78, 5) is 5.49. The van der Waals surface area contributed by atoms with E-state index in [0.29, 0.717) is 35.0 Å². The van der Waals surface area contributed by atoms with Gasteiger partial charge in [0.05, 0.1) is 16.6 Å². The molecule has 9 nitrogen and oxygen atoms in total. The molecule has 1 fully saturated rings. The fourth-order valence-electron chi connectivity index (χ4n) is 5.48. The van der Waals surface area contributed by atoms with Crippen molar-refractivity contribution in [2.24, 2.45) is 10.7 Å². The molecule has 3 aromatic carbocycles. The molecule has 41 heavy (non-hydrogen) atoms. The van der Waals surface area contributed by atoms with Crippen molar-refractivity contribution in [1.82, 2.24) is 9.21 Å². The molecule has 3 aromatic rings. The molecule has 214 valence electrons. The summed E-state index contributed by atoms with van der Waals surface area (Å²) in [5, 5.41) is 22.1. The third-order valence-corrected chi connectivity index (χ3v) is 9.79. The molecular formula is C30H32ClN5O4S. The minimum Gasteiger partial charge on any atom is -0.485 e. The van der Waals surface area contributed by atoms with Crippen molar-refractivity contribution in [2.75, 3.05) is 6.54 Å². The number of rotatable bonds is 5. The van der Waals surface area contributed by atoms with Gasteiger partial charge in [-0.2, -0.15) is 9.57 Å². The van der Waals surface area contributed by atoms with Gasteiger partial charge in [0.2, 0.25) is 16.0 Å². The third kappa shape index (κ3) is 5.63. The van der Waals surface area contributed by atoms with Gasteiger partial charge in [-0.25, -0.2) is 18.3 Å². The van der Waals surface area contributed by atoms with Crippen LogP contribution in [0.5, 0.6) is 5.75 Å². The highest BCUT2D eigenvalue weighted by atomic mass is 35.5. The number of sulfonamides is 1. The zero-order valence-corrected chi connectivity index (χ0v) is 24.4. The van der Waals surface area contributed by atoms with Crippen LogP contribution >= 0.6 is 11.6 Å². The van der Waals surface area contributed by atoms with E-state index in [9.17, 15) is 18.8 Å². The molecule has 11 heteroatoms. The quantitative estimate of drug-likeness (QED) is 0.178. The Morgan fingerprint density at radius 3 is 2.54 bits per heavy atom. The van der Waals surface area contributed by atoms with Gasteiger partial charge < -0.3 is 15.6 Å². The largest absolute Gasteiger partial charge is 0.485 e. The molecule has 0 bridgehead atoms. The maximum atomic E-state index is 14.1. The van der Waals surface area contributed by atoms with Gasteiger partial charge in [0.25, 0.3) is 0 Å². The topological polar surface area (TPSA) is 132 Å². The van der Waals surface area contributed by atoms with Crippen molar-refractivity contribution in [3.05, 3.63) is 88.9 Å². The monoisotopic (exact) mass is 593 g/mol. The number of aliphatic hydroxyl groups is 1. The first kappa shape index (κ1) is 28.9. The molecule has 0 aliphatic carbocycles. The number of hydrogen-bond donors (Lipinski definition) is 2. The standard InChI is InChI=1S/C30H32ClN5O4S/c1-30(2)28(37)27(35(19-32)29(33)34-22-13-11-21(31)12-14-22)24-18-23(15-16-26(24)40-30)41(38,39)36-17-7-6-10-25(36)20-8-4-3-5-9-20/h3-5,8-9,11-16,18,25,27-28,37H,6-7,10,17H2,1-2H3,(H2,33,34)/t25?,27-,28+/m1/s1. The molecule has 2 aliphatic rings. The zero-order chi connectivity index (χ0) is 29.4. The van der Waals surface area contributed by atoms with Crippen LogP contribution in [0.1, 0.15) is 56.3 Å². The Bertz CT molecular complexity index is 1590. The van der Waals surface area contributed by atoms with Gasteiger partial charge in [0.15, 0.2) is 6.19 Å². The van der Waals surface area contributed by atoms with Crippen molar-refractivity contribution in [1.29, 1.82) is 5.26 Å². The second-order valence-corrected chi connectivity index (χ2v) is 13.1. The average Bonchev–Trinajstić information content (AvgIpc) is 2.96. The Morgan fingerprint density at radius 2 is 1.85 bits per heavy atom. The highest BCUT2D eigenvalue weighted by Gasteiger charge is 2.47. The lowest BCUT2D eigenvalue weighted by Gasteiger charge is -2.44. The van der Waals surface area contributed by atoms with Gasteiger partial charge in [-0.15, -0.1) is 0 Å². The molecule has 0 saturated carbocycles. The van der Waals surface area contributed by atoms with Gasteiger partial charge >= 0.3 is 0 Å². The van der Waals surface area contributed by atoms with Crippen LogP contribution in [0.15, 0.2) is 82.7 Å². The number of guanidine groups is 1. The van der Waals surface area contributed by atoms with E-state index in [-0.39, 0.29) is 16.9 Å². The summed E-state index contributed by atoms with van der Waals surface area (Å²) in [5.74, 6) is 0.179. The molecule has 5 rings (SSSR count). The third-order valence-electron chi connectivity index (χ3n) is 7.63. The fourth-order valence-corrected chi connectivity index (χ4v) is 7.32. The van der Waals surface area contributed by atoms with Gasteiger partial charge in [0.1, 0.15) is 23.5 Å². The Morgan fingerprint density at radius 1 is 1.15 bits per heavy atom. The molecule has 3 N–H and O–H groups in total. The highest BCUT2D eigenvalue weighted by molar-refractivity contribution is 7.89. The number of benzene rings is 3. The van der Waals surface area contributed by atoms with E-state index >= 15 is 0 Å². The first-order chi connectivity index (χ1) is 19.5. The maximum Gasteiger partial charge on any atom is 0.243 e. The molecular weight excluding hydrogens is 562 g/mol. The predicted molar refractivity (Wildman–Crippen MR) is 157 cm³/mol. The van der Waals surface area contributed by atoms with Crippen molar-refractivity contribution in [2.45, 2.75) is 61.8 Å². The van der Waals surface area contributed by atoms with Crippen LogP contribution in [0.3, 0.4) is 0 Å². The summed E-state index contributed by atoms with van der Waals surface area (Å²) < 4.78 is 35.8. The minimum atomic E-state index is -3.95. The van der Waals surface area contributed by atoms with Gasteiger partial charge in [-0.3, -0.25) is 0 Å². The number of piperidine rings is 1. The summed E-state index contributed by atoms with van der Waals surface area (Å²) in [6.07, 6.45) is 3.19. The summed E-state index contributed by atoms with van der Waals surface area (Å²) in [6.45, 7) is 3.77. The van der Waals surface area contributed by atoms with Crippen molar-refractivity contribution >= 4 is 33.3 Å². The van der Waals surface area contributed by atoms with E-state index in [1.165, 1.54) is 12.1 Å². The van der Waals surface area contributed by atoms with Gasteiger partial charge in [-0.1, -0.05) is 48.4 Å². The molecule has 1 unspecified atom stereocenters. The van der Waals surface area contributed by atoms with Crippen molar-refractivity contribution < 1.29 is 18.3 Å². The van der Waals surface area contributed by atoms with Crippen LogP contribution in [0.2, 0.25) is 5.02 Å². The first-order valence-electron chi connectivity index (χ1n) is 13.4. The summed E-state index contributed by atoms with van der Waals surface area (Å²) in [5.41, 5.74) is 6.91. The number of hydrogen-bond acceptors (Lipinski definition) is 6. The number of nitriles is 1.